The number of rotatable bonds is 1. The predicted octanol–water partition coefficient (Wildman–Crippen LogP) is 4.16. The summed E-state index contributed by atoms with van der Waals surface area (Å²) in [6.07, 6.45) is 2.76. The molecule has 2 N–H and O–H groups in total. The lowest BCUT2D eigenvalue weighted by Crippen LogP contribution is -2.13. The Bertz CT molecular complexity index is 1060. The maximum absolute atomic E-state index is 9.57. The van der Waals surface area contributed by atoms with Crippen LogP contribution < -0.4 is 0 Å². The first-order valence-electron chi connectivity index (χ1n) is 8.09. The van der Waals surface area contributed by atoms with Crippen molar-refractivity contribution >= 4 is 21.8 Å². The van der Waals surface area contributed by atoms with Crippen LogP contribution in [0.15, 0.2) is 48.7 Å². The number of aromatic nitrogens is 2. The normalized spacial score (nSPS) is 14.2. The third-order valence-electron chi connectivity index (χ3n) is 4.80. The second kappa shape index (κ2) is 5.08. The Morgan fingerprint density at radius 2 is 1.88 bits per heavy atom. The highest BCUT2D eigenvalue weighted by atomic mass is 16.5. The van der Waals surface area contributed by atoms with Gasteiger partial charge in [0.1, 0.15) is 5.75 Å². The van der Waals surface area contributed by atoms with Gasteiger partial charge in [0.2, 0.25) is 0 Å². The molecule has 4 aromatic rings. The summed E-state index contributed by atoms with van der Waals surface area (Å²) in [7, 11) is 0. The quantitative estimate of drug-likeness (QED) is 0.554. The van der Waals surface area contributed by atoms with Crippen LogP contribution in [-0.4, -0.2) is 21.7 Å². The van der Waals surface area contributed by atoms with Crippen molar-refractivity contribution in [2.75, 3.05) is 6.61 Å². The zero-order valence-electron chi connectivity index (χ0n) is 13.0. The van der Waals surface area contributed by atoms with Crippen molar-refractivity contribution in [1.29, 1.82) is 0 Å². The van der Waals surface area contributed by atoms with Gasteiger partial charge in [-0.3, -0.25) is 4.98 Å². The number of nitrogens with zero attached hydrogens (tertiary/aromatic N) is 1. The lowest BCUT2D eigenvalue weighted by Gasteiger charge is -2.23. The number of ether oxygens (including phenoxy) is 1. The van der Waals surface area contributed by atoms with E-state index in [0.717, 1.165) is 35.3 Å². The standard InChI is InChI=1S/C20H16N2O2/c23-13-3-1-12(2-4-13)20-16-11-24-10-8-14(16)19-15-7-9-21-17(15)5-6-18(19)22-20/h1-7,9,22-23H,8,10-11H2. The maximum Gasteiger partial charge on any atom is 0.115 e. The lowest BCUT2D eigenvalue weighted by molar-refractivity contribution is 0.111. The largest absolute Gasteiger partial charge is 0.508 e. The van der Waals surface area contributed by atoms with Crippen molar-refractivity contribution < 1.29 is 9.84 Å². The minimum absolute atomic E-state index is 0.272. The fourth-order valence-electron chi connectivity index (χ4n) is 3.68. The molecule has 0 saturated heterocycles. The Kier molecular flexibility index (Phi) is 2.87. The molecule has 4 heteroatoms. The van der Waals surface area contributed by atoms with Gasteiger partial charge in [-0.05, 0) is 60.0 Å². The number of H-pyrrole nitrogens is 1. The molecule has 5 rings (SSSR count). The Balaban J connectivity index is 1.88. The Morgan fingerprint density at radius 1 is 1.00 bits per heavy atom. The summed E-state index contributed by atoms with van der Waals surface area (Å²) in [6, 6.07) is 13.5. The summed E-state index contributed by atoms with van der Waals surface area (Å²) in [5, 5.41) is 12.0. The number of phenols is 1. The van der Waals surface area contributed by atoms with Crippen molar-refractivity contribution in [2.45, 2.75) is 13.0 Å². The van der Waals surface area contributed by atoms with Gasteiger partial charge < -0.3 is 14.8 Å². The van der Waals surface area contributed by atoms with Crippen LogP contribution in [0.2, 0.25) is 0 Å². The number of benzene rings is 2. The number of fused-ring (bicyclic) bond motifs is 5. The molecule has 1 aliphatic rings. The van der Waals surface area contributed by atoms with E-state index in [0.29, 0.717) is 6.61 Å². The molecule has 2 aromatic carbocycles. The fraction of sp³-hybridized carbons (Fsp3) is 0.150. The van der Waals surface area contributed by atoms with Crippen molar-refractivity contribution in [3.8, 4) is 17.0 Å². The number of aromatic amines is 1. The van der Waals surface area contributed by atoms with E-state index < -0.39 is 0 Å². The molecule has 0 saturated carbocycles. The zero-order valence-corrected chi connectivity index (χ0v) is 13.0. The van der Waals surface area contributed by atoms with Gasteiger partial charge in [-0.25, -0.2) is 0 Å². The van der Waals surface area contributed by atoms with E-state index in [1.807, 2.05) is 18.3 Å². The smallest absolute Gasteiger partial charge is 0.115 e. The highest BCUT2D eigenvalue weighted by molar-refractivity contribution is 6.08. The first-order chi connectivity index (χ1) is 11.8. The van der Waals surface area contributed by atoms with E-state index in [2.05, 4.69) is 28.2 Å². The van der Waals surface area contributed by atoms with Gasteiger partial charge in [-0.1, -0.05) is 0 Å². The van der Waals surface area contributed by atoms with Crippen LogP contribution >= 0.6 is 0 Å². The van der Waals surface area contributed by atoms with Gasteiger partial charge in [0.25, 0.3) is 0 Å². The molecule has 3 heterocycles. The van der Waals surface area contributed by atoms with Crippen molar-refractivity contribution in [3.63, 3.8) is 0 Å². The SMILES string of the molecule is Oc1ccc(-c2[nH]c3ccc4nccc4c3c3c2COCC3)cc1. The zero-order chi connectivity index (χ0) is 16.1. The molecule has 1 aliphatic heterocycles. The third kappa shape index (κ3) is 1.93. The second-order valence-electron chi connectivity index (χ2n) is 6.17. The van der Waals surface area contributed by atoms with Crippen molar-refractivity contribution in [3.05, 3.63) is 59.8 Å². The number of phenolic OH excluding ortho intramolecular Hbond substituents is 1. The summed E-state index contributed by atoms with van der Waals surface area (Å²) in [5.41, 5.74) is 6.80. The number of aromatic hydroxyl groups is 1. The van der Waals surface area contributed by atoms with Crippen LogP contribution in [0.5, 0.6) is 5.75 Å². The van der Waals surface area contributed by atoms with E-state index in [1.165, 1.54) is 21.9 Å². The highest BCUT2D eigenvalue weighted by Crippen LogP contribution is 2.36. The second-order valence-corrected chi connectivity index (χ2v) is 6.17. The average Bonchev–Trinajstić information content (AvgIpc) is 3.10. The van der Waals surface area contributed by atoms with E-state index in [-0.39, 0.29) is 5.75 Å². The van der Waals surface area contributed by atoms with Gasteiger partial charge in [0.15, 0.2) is 0 Å². The topological polar surface area (TPSA) is 58.1 Å². The van der Waals surface area contributed by atoms with Gasteiger partial charge in [0, 0.05) is 28.0 Å². The van der Waals surface area contributed by atoms with Crippen LogP contribution in [-0.2, 0) is 17.8 Å². The van der Waals surface area contributed by atoms with Gasteiger partial charge in [0.05, 0.1) is 24.4 Å². The summed E-state index contributed by atoms with van der Waals surface area (Å²) < 4.78 is 5.74. The molecule has 0 bridgehead atoms. The van der Waals surface area contributed by atoms with E-state index >= 15 is 0 Å². The molecular formula is C20H16N2O2. The molecule has 0 amide bonds. The van der Waals surface area contributed by atoms with Crippen LogP contribution in [0.3, 0.4) is 0 Å². The van der Waals surface area contributed by atoms with Gasteiger partial charge in [-0.15, -0.1) is 0 Å². The number of hydrogen-bond donors (Lipinski definition) is 2. The molecule has 118 valence electrons. The van der Waals surface area contributed by atoms with Gasteiger partial charge >= 0.3 is 0 Å². The van der Waals surface area contributed by atoms with E-state index in [1.54, 1.807) is 12.1 Å². The summed E-state index contributed by atoms with van der Waals surface area (Å²) >= 11 is 0. The Hall–Kier alpha value is -2.85. The van der Waals surface area contributed by atoms with E-state index in [4.69, 9.17) is 4.74 Å². The van der Waals surface area contributed by atoms with Crippen LogP contribution in [0.1, 0.15) is 11.1 Å². The summed E-state index contributed by atoms with van der Waals surface area (Å²) in [5.74, 6) is 0.272. The van der Waals surface area contributed by atoms with Crippen LogP contribution in [0, 0.1) is 0 Å². The monoisotopic (exact) mass is 316 g/mol. The molecule has 4 nitrogen and oxygen atoms in total. The molecule has 0 atom stereocenters. The summed E-state index contributed by atoms with van der Waals surface area (Å²) in [6.45, 7) is 1.34. The average molecular weight is 316 g/mol. The third-order valence-corrected chi connectivity index (χ3v) is 4.80. The molecule has 2 aromatic heterocycles. The minimum Gasteiger partial charge on any atom is -0.508 e. The number of nitrogens with one attached hydrogen (secondary N) is 1. The van der Waals surface area contributed by atoms with Crippen LogP contribution in [0.4, 0.5) is 0 Å². The molecule has 0 radical (unpaired) electrons. The number of hydrogen-bond acceptors (Lipinski definition) is 3. The van der Waals surface area contributed by atoms with Crippen LogP contribution in [0.25, 0.3) is 33.1 Å². The maximum atomic E-state index is 9.57. The van der Waals surface area contributed by atoms with Crippen molar-refractivity contribution in [2.24, 2.45) is 0 Å². The summed E-state index contributed by atoms with van der Waals surface area (Å²) in [4.78, 5) is 8.02. The molecular weight excluding hydrogens is 300 g/mol. The lowest BCUT2D eigenvalue weighted by atomic mass is 9.92. The highest BCUT2D eigenvalue weighted by Gasteiger charge is 2.20. The molecule has 0 spiro atoms. The fourth-order valence-corrected chi connectivity index (χ4v) is 3.68. The predicted molar refractivity (Wildman–Crippen MR) is 94.1 cm³/mol. The van der Waals surface area contributed by atoms with E-state index in [9.17, 15) is 5.11 Å². The molecule has 24 heavy (non-hydrogen) atoms. The molecule has 0 fully saturated rings. The minimum atomic E-state index is 0.272. The Labute approximate surface area is 138 Å². The van der Waals surface area contributed by atoms with Gasteiger partial charge in [-0.2, -0.15) is 0 Å². The first-order valence-corrected chi connectivity index (χ1v) is 8.09. The molecule has 0 aliphatic carbocycles. The van der Waals surface area contributed by atoms with Crippen molar-refractivity contribution in [1.82, 2.24) is 9.97 Å². The Morgan fingerprint density at radius 3 is 2.75 bits per heavy atom. The molecule has 0 unspecified atom stereocenters. The number of pyridine rings is 1. The first kappa shape index (κ1) is 13.6.